The van der Waals surface area contributed by atoms with Gasteiger partial charge < -0.3 is 10.1 Å². The topological polar surface area (TPSA) is 74.8 Å². The van der Waals surface area contributed by atoms with Gasteiger partial charge in [-0.2, -0.15) is 0 Å². The van der Waals surface area contributed by atoms with Gasteiger partial charge in [0, 0.05) is 23.7 Å². The monoisotopic (exact) mass is 510 g/mol. The summed E-state index contributed by atoms with van der Waals surface area (Å²) >= 11 is 6.19. The van der Waals surface area contributed by atoms with Crippen molar-refractivity contribution in [2.45, 2.75) is 70.1 Å². The number of aryl methyl sites for hydroxylation is 2. The number of ether oxygens (including phenoxy) is 1. The lowest BCUT2D eigenvalue weighted by atomic mass is 9.80. The second-order valence-corrected chi connectivity index (χ2v) is 11.0. The van der Waals surface area contributed by atoms with Crippen molar-refractivity contribution in [2.24, 2.45) is 0 Å². The average molecular weight is 511 g/mol. The van der Waals surface area contributed by atoms with E-state index in [9.17, 15) is 9.59 Å². The summed E-state index contributed by atoms with van der Waals surface area (Å²) in [7, 11) is 0. The van der Waals surface area contributed by atoms with E-state index in [4.69, 9.17) is 16.3 Å². The van der Waals surface area contributed by atoms with Gasteiger partial charge in [0.05, 0.1) is 17.8 Å². The molecule has 3 aliphatic rings. The first-order valence-electron chi connectivity index (χ1n) is 12.9. The summed E-state index contributed by atoms with van der Waals surface area (Å²) in [6.07, 6.45) is 3.05. The Hall–Kier alpha value is -2.48. The highest BCUT2D eigenvalue weighted by Crippen LogP contribution is 2.39. The van der Waals surface area contributed by atoms with Crippen molar-refractivity contribution in [2.75, 3.05) is 26.2 Å². The molecule has 8 heteroatoms. The number of halogens is 1. The van der Waals surface area contributed by atoms with Crippen molar-refractivity contribution in [1.29, 1.82) is 0 Å². The number of pyridine rings is 1. The van der Waals surface area contributed by atoms with Crippen molar-refractivity contribution in [3.05, 3.63) is 63.9 Å². The number of ketones is 1. The van der Waals surface area contributed by atoms with E-state index < -0.39 is 0 Å². The number of Topliss-reactive ketones (excluding diaryl/α,β-unsaturated/α-hetero) is 1. The molecule has 7 nitrogen and oxygen atoms in total. The number of aromatic nitrogens is 1. The number of carbonyl (C=O) groups excluding carboxylic acids is 2. The van der Waals surface area contributed by atoms with Crippen LogP contribution in [0.4, 0.5) is 4.79 Å². The summed E-state index contributed by atoms with van der Waals surface area (Å²) in [4.78, 5) is 35.9. The number of benzene rings is 1. The van der Waals surface area contributed by atoms with Crippen molar-refractivity contribution in [3.63, 3.8) is 0 Å². The van der Waals surface area contributed by atoms with E-state index in [0.717, 1.165) is 50.0 Å². The molecule has 0 aliphatic carbocycles. The fraction of sp³-hybridized carbons (Fsp3) is 0.536. The smallest absolute Gasteiger partial charge is 0.410 e. The summed E-state index contributed by atoms with van der Waals surface area (Å²) in [6, 6.07) is 11.2. The third-order valence-corrected chi connectivity index (χ3v) is 8.55. The molecule has 1 unspecified atom stereocenters. The minimum Gasteiger partial charge on any atom is -0.447 e. The van der Waals surface area contributed by atoms with Crippen molar-refractivity contribution in [3.8, 4) is 0 Å². The van der Waals surface area contributed by atoms with E-state index in [1.165, 1.54) is 0 Å². The summed E-state index contributed by atoms with van der Waals surface area (Å²) in [6.45, 7) is 9.02. The van der Waals surface area contributed by atoms with E-state index in [-0.39, 0.29) is 35.5 Å². The maximum absolute atomic E-state index is 14.3. The zero-order chi connectivity index (χ0) is 25.4. The molecule has 0 spiro atoms. The summed E-state index contributed by atoms with van der Waals surface area (Å²) < 4.78 is 5.54. The van der Waals surface area contributed by atoms with E-state index in [2.05, 4.69) is 22.1 Å². The maximum atomic E-state index is 14.3. The fourth-order valence-electron chi connectivity index (χ4n) is 6.44. The predicted octanol–water partition coefficient (Wildman–Crippen LogP) is 4.70. The van der Waals surface area contributed by atoms with Gasteiger partial charge in [0.2, 0.25) is 0 Å². The lowest BCUT2D eigenvalue weighted by Crippen LogP contribution is -2.63. The second kappa shape index (κ2) is 10.1. The van der Waals surface area contributed by atoms with Crippen LogP contribution in [0.15, 0.2) is 36.4 Å². The van der Waals surface area contributed by atoms with E-state index >= 15 is 0 Å². The molecule has 3 atom stereocenters. The lowest BCUT2D eigenvalue weighted by Gasteiger charge is -2.52. The largest absolute Gasteiger partial charge is 0.447 e. The number of hydrogen-bond donors (Lipinski definition) is 1. The van der Waals surface area contributed by atoms with Gasteiger partial charge in [0.15, 0.2) is 5.78 Å². The Kier molecular flexibility index (Phi) is 7.07. The Morgan fingerprint density at radius 3 is 2.61 bits per heavy atom. The van der Waals surface area contributed by atoms with Crippen LogP contribution in [0.2, 0.25) is 5.15 Å². The van der Waals surface area contributed by atoms with Crippen LogP contribution in [-0.4, -0.2) is 70.5 Å². The normalized spacial score (nSPS) is 26.6. The van der Waals surface area contributed by atoms with Gasteiger partial charge in [-0.05, 0) is 76.7 Å². The number of hydrogen-bond acceptors (Lipinski definition) is 6. The molecular formula is C28H35ClN4O3. The Balaban J connectivity index is 1.49. The third kappa shape index (κ3) is 4.64. The van der Waals surface area contributed by atoms with Crippen LogP contribution in [0, 0.1) is 13.8 Å². The van der Waals surface area contributed by atoms with Gasteiger partial charge in [-0.1, -0.05) is 41.9 Å². The van der Waals surface area contributed by atoms with Gasteiger partial charge in [-0.25, -0.2) is 9.78 Å². The van der Waals surface area contributed by atoms with Gasteiger partial charge in [0.25, 0.3) is 0 Å². The van der Waals surface area contributed by atoms with Crippen LogP contribution >= 0.6 is 11.6 Å². The molecule has 1 aromatic heterocycles. The Morgan fingerprint density at radius 1 is 1.19 bits per heavy atom. The number of piperidine rings is 2. The minimum absolute atomic E-state index is 0.0717. The molecule has 36 heavy (non-hydrogen) atoms. The first-order valence-corrected chi connectivity index (χ1v) is 13.3. The molecule has 3 saturated heterocycles. The Bertz CT molecular complexity index is 1110. The van der Waals surface area contributed by atoms with Gasteiger partial charge >= 0.3 is 6.09 Å². The highest BCUT2D eigenvalue weighted by atomic mass is 35.5. The molecule has 5 rings (SSSR count). The van der Waals surface area contributed by atoms with Crippen LogP contribution in [-0.2, 0) is 4.74 Å². The van der Waals surface area contributed by atoms with Crippen LogP contribution in [0.5, 0.6) is 0 Å². The summed E-state index contributed by atoms with van der Waals surface area (Å²) in [5.74, 6) is 0.0717. The molecule has 0 saturated carbocycles. The zero-order valence-electron chi connectivity index (χ0n) is 21.3. The molecule has 192 valence electrons. The number of likely N-dealkylation sites (tertiary alicyclic amines) is 1. The number of cyclic esters (lactones) is 1. The van der Waals surface area contributed by atoms with Gasteiger partial charge in [-0.15, -0.1) is 0 Å². The highest BCUT2D eigenvalue weighted by molar-refractivity contribution is 6.29. The quantitative estimate of drug-likeness (QED) is 0.464. The van der Waals surface area contributed by atoms with E-state index in [1.54, 1.807) is 6.07 Å². The second-order valence-electron chi connectivity index (χ2n) is 10.6. The fourth-order valence-corrected chi connectivity index (χ4v) is 6.73. The summed E-state index contributed by atoms with van der Waals surface area (Å²) in [5.41, 5.74) is 3.13. The van der Waals surface area contributed by atoms with E-state index in [0.29, 0.717) is 29.4 Å². The first kappa shape index (κ1) is 25.2. The van der Waals surface area contributed by atoms with Crippen molar-refractivity contribution in [1.82, 2.24) is 20.1 Å². The number of nitrogens with one attached hydrogen (secondary N) is 1. The van der Waals surface area contributed by atoms with Crippen LogP contribution in [0.1, 0.15) is 65.8 Å². The molecule has 4 heterocycles. The standard InChI is InChI=1S/C28H35ClN4O3/c1-18-15-24(29)31-19(2)25(18)26(34)22-16-21(9-14-32(22)28(3)10-12-30-13-11-28)33-23(17-36-27(33)35)20-7-5-4-6-8-20/h4-8,15,21-23,30H,9-14,16-17H2,1-3H3/t21?,22-,23+/m1/s1. The summed E-state index contributed by atoms with van der Waals surface area (Å²) in [5, 5.41) is 3.86. The molecule has 1 aromatic carbocycles. The molecule has 0 radical (unpaired) electrons. The molecule has 2 aromatic rings. The van der Waals surface area contributed by atoms with Crippen LogP contribution in [0.25, 0.3) is 0 Å². The first-order chi connectivity index (χ1) is 17.3. The molecule has 1 N–H and O–H groups in total. The third-order valence-electron chi connectivity index (χ3n) is 8.35. The molecule has 3 fully saturated rings. The molecule has 3 aliphatic heterocycles. The van der Waals surface area contributed by atoms with Crippen molar-refractivity contribution >= 4 is 23.5 Å². The molecule has 1 amide bonds. The average Bonchev–Trinajstić information content (AvgIpc) is 3.25. The van der Waals surface area contributed by atoms with E-state index in [1.807, 2.05) is 49.1 Å². The molecular weight excluding hydrogens is 476 g/mol. The van der Waals surface area contributed by atoms with Crippen LogP contribution in [0.3, 0.4) is 0 Å². The number of carbonyl (C=O) groups is 2. The highest BCUT2D eigenvalue weighted by Gasteiger charge is 2.48. The maximum Gasteiger partial charge on any atom is 0.410 e. The SMILES string of the molecule is Cc1cc(Cl)nc(C)c1C(=O)[C@H]1CC(N2C(=O)OC[C@H]2c2ccccc2)CCN1C1(C)CCNCC1. The van der Waals surface area contributed by atoms with Gasteiger partial charge in [-0.3, -0.25) is 14.6 Å². The number of amides is 1. The predicted molar refractivity (Wildman–Crippen MR) is 139 cm³/mol. The molecule has 0 bridgehead atoms. The minimum atomic E-state index is -0.350. The Morgan fingerprint density at radius 2 is 1.92 bits per heavy atom. The lowest BCUT2D eigenvalue weighted by molar-refractivity contribution is -0.0101. The van der Waals surface area contributed by atoms with Crippen molar-refractivity contribution < 1.29 is 14.3 Å². The zero-order valence-corrected chi connectivity index (χ0v) is 22.1. The van der Waals surface area contributed by atoms with Crippen LogP contribution < -0.4 is 5.32 Å². The number of rotatable bonds is 5. The Labute approximate surface area is 218 Å². The van der Waals surface area contributed by atoms with Gasteiger partial charge in [0.1, 0.15) is 11.8 Å². The number of nitrogens with zero attached hydrogens (tertiary/aromatic N) is 3.